The number of hydrogen-bond donors (Lipinski definition) is 1. The van der Waals surface area contributed by atoms with Gasteiger partial charge in [0, 0.05) is 51.2 Å². The number of aliphatic hydroxyl groups is 1. The highest BCUT2D eigenvalue weighted by Gasteiger charge is 2.39. The molecule has 1 amide bonds. The molecule has 186 valence electrons. The summed E-state index contributed by atoms with van der Waals surface area (Å²) in [5, 5.41) is 9.57. The van der Waals surface area contributed by atoms with Crippen LogP contribution in [-0.4, -0.2) is 73.5 Å². The number of nitrogens with zero attached hydrogens (tertiary/aromatic N) is 2. The van der Waals surface area contributed by atoms with Crippen molar-refractivity contribution in [2.75, 3.05) is 46.4 Å². The predicted octanol–water partition coefficient (Wildman–Crippen LogP) is 3.78. The molecule has 2 heterocycles. The van der Waals surface area contributed by atoms with Gasteiger partial charge in [-0.2, -0.15) is 0 Å². The van der Waals surface area contributed by atoms with Crippen LogP contribution in [0.4, 0.5) is 0 Å². The van der Waals surface area contributed by atoms with E-state index in [1.165, 1.54) is 27.8 Å². The minimum absolute atomic E-state index is 0.0210. The normalized spacial score (nSPS) is 23.9. The molecule has 0 aromatic heterocycles. The number of amides is 1. The van der Waals surface area contributed by atoms with E-state index in [2.05, 4.69) is 54.4 Å². The molecule has 1 fully saturated rings. The van der Waals surface area contributed by atoms with Crippen LogP contribution in [0.5, 0.6) is 0 Å². The second kappa shape index (κ2) is 10.5. The summed E-state index contributed by atoms with van der Waals surface area (Å²) >= 11 is 0. The molecule has 0 radical (unpaired) electrons. The lowest BCUT2D eigenvalue weighted by atomic mass is 9.79. The zero-order valence-corrected chi connectivity index (χ0v) is 20.8. The summed E-state index contributed by atoms with van der Waals surface area (Å²) in [6.07, 6.45) is 3.85. The van der Waals surface area contributed by atoms with Crippen LogP contribution in [0.3, 0.4) is 0 Å². The summed E-state index contributed by atoms with van der Waals surface area (Å²) in [6.45, 7) is 5.70. The summed E-state index contributed by atoms with van der Waals surface area (Å²) in [7, 11) is 2.08. The van der Waals surface area contributed by atoms with Gasteiger partial charge in [-0.15, -0.1) is 0 Å². The predicted molar refractivity (Wildman–Crippen MR) is 136 cm³/mol. The molecule has 1 aliphatic carbocycles. The van der Waals surface area contributed by atoms with Crippen molar-refractivity contribution in [3.63, 3.8) is 0 Å². The monoisotopic (exact) mass is 476 g/mol. The Morgan fingerprint density at radius 1 is 1.09 bits per heavy atom. The molecular formula is C29H36N2O4. The first kappa shape index (κ1) is 24.0. The van der Waals surface area contributed by atoms with Gasteiger partial charge in [-0.3, -0.25) is 4.79 Å². The van der Waals surface area contributed by atoms with Crippen molar-refractivity contribution in [2.24, 2.45) is 5.92 Å². The number of rotatable bonds is 7. The number of aliphatic hydroxyl groups excluding tert-OH is 1. The molecule has 2 aliphatic heterocycles. The van der Waals surface area contributed by atoms with Crippen LogP contribution in [0.2, 0.25) is 0 Å². The number of allylic oxidation sites excluding steroid dienone is 1. The number of carbonyl (C=O) groups excluding carboxylic acids is 1. The van der Waals surface area contributed by atoms with E-state index < -0.39 is 6.29 Å². The van der Waals surface area contributed by atoms with Crippen LogP contribution in [0, 0.1) is 5.92 Å². The Bertz CT molecular complexity index is 1090. The topological polar surface area (TPSA) is 62.2 Å². The molecular weight excluding hydrogens is 440 g/mol. The van der Waals surface area contributed by atoms with Crippen LogP contribution in [-0.2, 0) is 20.7 Å². The van der Waals surface area contributed by atoms with Gasteiger partial charge in [0.15, 0.2) is 5.76 Å². The maximum absolute atomic E-state index is 13.5. The molecule has 3 aliphatic rings. The van der Waals surface area contributed by atoms with Gasteiger partial charge in [0.1, 0.15) is 0 Å². The van der Waals surface area contributed by atoms with Gasteiger partial charge in [-0.25, -0.2) is 0 Å². The van der Waals surface area contributed by atoms with Crippen LogP contribution in [0.1, 0.15) is 42.4 Å². The van der Waals surface area contributed by atoms with Crippen LogP contribution in [0.15, 0.2) is 54.3 Å². The number of likely N-dealkylation sites (N-methyl/N-ethyl adjacent to an activating group) is 1. The zero-order chi connectivity index (χ0) is 24.4. The highest BCUT2D eigenvalue weighted by Crippen LogP contribution is 2.43. The van der Waals surface area contributed by atoms with E-state index in [4.69, 9.17) is 9.47 Å². The van der Waals surface area contributed by atoms with Crippen molar-refractivity contribution >= 4 is 5.91 Å². The van der Waals surface area contributed by atoms with Gasteiger partial charge >= 0.3 is 0 Å². The van der Waals surface area contributed by atoms with E-state index in [1.54, 1.807) is 0 Å². The molecule has 0 unspecified atom stereocenters. The SMILES string of the molecule is CCO[C@H]1OC(C(=O)N2CCN(C)CC2)=C[C@@H](c2ccc3c(c2)Cc2ccccc2-3)[C@@H]1CCCO. The molecule has 1 saturated heterocycles. The van der Waals surface area contributed by atoms with Gasteiger partial charge in [0.25, 0.3) is 5.91 Å². The maximum Gasteiger partial charge on any atom is 0.288 e. The summed E-state index contributed by atoms with van der Waals surface area (Å²) in [6, 6.07) is 15.3. The summed E-state index contributed by atoms with van der Waals surface area (Å²) < 4.78 is 12.3. The van der Waals surface area contributed by atoms with Crippen LogP contribution >= 0.6 is 0 Å². The van der Waals surface area contributed by atoms with Gasteiger partial charge in [-0.05, 0) is 67.1 Å². The lowest BCUT2D eigenvalue weighted by molar-refractivity contribution is -0.170. The number of fused-ring (bicyclic) bond motifs is 3. The standard InChI is InChI=1S/C29H36N2O4/c1-3-34-29-25(9-6-16-32)26(19-27(35-29)28(33)31-14-12-30(2)13-15-31)21-10-11-24-22(18-21)17-20-7-4-5-8-23(20)24/h4-5,7-8,10-11,18-19,25-26,29,32H,3,6,9,12-17H2,1-2H3/t25-,26-,29-/m0/s1. The lowest BCUT2D eigenvalue weighted by Crippen LogP contribution is -2.49. The van der Waals surface area contributed by atoms with Crippen LogP contribution < -0.4 is 0 Å². The van der Waals surface area contributed by atoms with E-state index in [0.29, 0.717) is 31.9 Å². The zero-order valence-electron chi connectivity index (χ0n) is 20.8. The first-order chi connectivity index (χ1) is 17.1. The number of hydrogen-bond acceptors (Lipinski definition) is 5. The van der Waals surface area contributed by atoms with Crippen molar-refractivity contribution in [2.45, 2.75) is 38.4 Å². The Morgan fingerprint density at radius 2 is 1.86 bits per heavy atom. The molecule has 6 heteroatoms. The van der Waals surface area contributed by atoms with Gasteiger partial charge in [0.05, 0.1) is 0 Å². The summed E-state index contributed by atoms with van der Waals surface area (Å²) in [5.74, 6) is 0.337. The molecule has 1 N–H and O–H groups in total. The highest BCUT2D eigenvalue weighted by atomic mass is 16.7. The first-order valence-electron chi connectivity index (χ1n) is 12.9. The summed E-state index contributed by atoms with van der Waals surface area (Å²) in [4.78, 5) is 17.6. The minimum atomic E-state index is -0.515. The van der Waals surface area contributed by atoms with Gasteiger partial charge < -0.3 is 24.4 Å². The van der Waals surface area contributed by atoms with E-state index in [0.717, 1.165) is 25.9 Å². The fourth-order valence-corrected chi connectivity index (χ4v) is 5.68. The van der Waals surface area contributed by atoms with Crippen molar-refractivity contribution in [1.29, 1.82) is 0 Å². The van der Waals surface area contributed by atoms with E-state index in [-0.39, 0.29) is 24.3 Å². The third-order valence-corrected chi connectivity index (χ3v) is 7.62. The number of ether oxygens (including phenoxy) is 2. The van der Waals surface area contributed by atoms with Crippen molar-refractivity contribution in [3.8, 4) is 11.1 Å². The molecule has 5 rings (SSSR count). The molecule has 35 heavy (non-hydrogen) atoms. The molecule has 0 saturated carbocycles. The Morgan fingerprint density at radius 3 is 2.63 bits per heavy atom. The molecule has 3 atom stereocenters. The maximum atomic E-state index is 13.5. The number of piperazine rings is 1. The first-order valence-corrected chi connectivity index (χ1v) is 12.9. The number of carbonyl (C=O) groups is 1. The fourth-order valence-electron chi connectivity index (χ4n) is 5.68. The third kappa shape index (κ3) is 4.88. The minimum Gasteiger partial charge on any atom is -0.459 e. The van der Waals surface area contributed by atoms with Crippen LogP contribution in [0.25, 0.3) is 11.1 Å². The van der Waals surface area contributed by atoms with E-state index in [9.17, 15) is 9.90 Å². The smallest absolute Gasteiger partial charge is 0.288 e. The van der Waals surface area contributed by atoms with Gasteiger partial charge in [-0.1, -0.05) is 42.5 Å². The second-order valence-electron chi connectivity index (χ2n) is 9.87. The Kier molecular flexibility index (Phi) is 7.23. The van der Waals surface area contributed by atoms with Crippen molar-refractivity contribution < 1.29 is 19.4 Å². The molecule has 2 aromatic rings. The quantitative estimate of drug-likeness (QED) is 0.562. The molecule has 0 bridgehead atoms. The Hall–Kier alpha value is -2.67. The molecule has 0 spiro atoms. The average Bonchev–Trinajstić information content (AvgIpc) is 3.25. The second-order valence-corrected chi connectivity index (χ2v) is 9.87. The number of benzene rings is 2. The van der Waals surface area contributed by atoms with Gasteiger partial charge in [0.2, 0.25) is 6.29 Å². The van der Waals surface area contributed by atoms with Crippen molar-refractivity contribution in [1.82, 2.24) is 9.80 Å². The third-order valence-electron chi connectivity index (χ3n) is 7.62. The van der Waals surface area contributed by atoms with E-state index >= 15 is 0 Å². The Balaban J connectivity index is 1.49. The average molecular weight is 477 g/mol. The molecule has 2 aromatic carbocycles. The lowest BCUT2D eigenvalue weighted by Gasteiger charge is -2.39. The highest BCUT2D eigenvalue weighted by molar-refractivity contribution is 5.92. The molecule has 6 nitrogen and oxygen atoms in total. The Labute approximate surface area is 208 Å². The van der Waals surface area contributed by atoms with E-state index in [1.807, 2.05) is 17.9 Å². The largest absolute Gasteiger partial charge is 0.459 e. The fraction of sp³-hybridized carbons (Fsp3) is 0.483. The summed E-state index contributed by atoms with van der Waals surface area (Å²) in [5.41, 5.74) is 6.46. The van der Waals surface area contributed by atoms with Crippen molar-refractivity contribution in [3.05, 3.63) is 71.0 Å².